The van der Waals surface area contributed by atoms with Gasteiger partial charge in [-0.1, -0.05) is 63.8 Å². The van der Waals surface area contributed by atoms with Crippen molar-refractivity contribution in [2.75, 3.05) is 7.11 Å². The van der Waals surface area contributed by atoms with Gasteiger partial charge in [0.1, 0.15) is 18.4 Å². The second-order valence-corrected chi connectivity index (χ2v) is 16.2. The topological polar surface area (TPSA) is 98.8 Å². The Balaban J connectivity index is 1.22. The van der Waals surface area contributed by atoms with Crippen LogP contribution in [0.1, 0.15) is 97.5 Å². The fourth-order valence-electron chi connectivity index (χ4n) is 11.8. The third kappa shape index (κ3) is 5.31. The molecule has 6 rings (SSSR count). The molecule has 1 heterocycles. The van der Waals surface area contributed by atoms with Crippen molar-refractivity contribution in [3.05, 3.63) is 59.7 Å². The molecule has 5 aliphatic rings. The van der Waals surface area contributed by atoms with E-state index < -0.39 is 12.0 Å². The molecule has 4 aliphatic carbocycles. The first-order chi connectivity index (χ1) is 22.4. The number of methoxy groups -OCH3 is 1. The second kappa shape index (κ2) is 12.3. The van der Waals surface area contributed by atoms with Crippen LogP contribution in [-0.2, 0) is 35.1 Å². The SMILES string of the molecule is C=C1C(=O)O[C@@H]2C[C@@H]3[C@]4(CC[C@]5(C)[C@@H]([C@H](C)CC/C=C(\C)C=O)CC[C@@]35C)C[C@]4(CCC(=O)N[C@@H](Cc3ccccc3)C(=O)OC)[C@H]12. The molecule has 5 fully saturated rings. The molecule has 1 saturated heterocycles. The van der Waals surface area contributed by atoms with Gasteiger partial charge in [0.05, 0.1) is 7.11 Å². The van der Waals surface area contributed by atoms with E-state index in [1.165, 1.54) is 13.5 Å². The zero-order valence-electron chi connectivity index (χ0n) is 28.9. The molecule has 254 valence electrons. The largest absolute Gasteiger partial charge is 0.467 e. The highest BCUT2D eigenvalue weighted by Crippen LogP contribution is 2.88. The molecule has 1 amide bonds. The van der Waals surface area contributed by atoms with Crippen molar-refractivity contribution in [2.45, 2.75) is 110 Å². The summed E-state index contributed by atoms with van der Waals surface area (Å²) in [5, 5.41) is 2.98. The molecule has 0 radical (unpaired) electrons. The van der Waals surface area contributed by atoms with Crippen LogP contribution in [-0.4, -0.2) is 43.4 Å². The quantitative estimate of drug-likeness (QED) is 0.151. The highest BCUT2D eigenvalue weighted by molar-refractivity contribution is 5.91. The molecule has 0 unspecified atom stereocenters. The Kier molecular flexibility index (Phi) is 8.84. The summed E-state index contributed by atoms with van der Waals surface area (Å²) in [5.74, 6) is 0.614. The smallest absolute Gasteiger partial charge is 0.334 e. The summed E-state index contributed by atoms with van der Waals surface area (Å²) < 4.78 is 11.1. The maximum atomic E-state index is 13.6. The molecule has 1 aromatic rings. The second-order valence-electron chi connectivity index (χ2n) is 16.2. The first-order valence-electron chi connectivity index (χ1n) is 17.8. The molecule has 1 N–H and O–H groups in total. The number of carbonyl (C=O) groups excluding carboxylic acids is 4. The van der Waals surface area contributed by atoms with E-state index in [1.54, 1.807) is 0 Å². The third-order valence-electron chi connectivity index (χ3n) is 14.3. The van der Waals surface area contributed by atoms with Gasteiger partial charge in [0.2, 0.25) is 5.91 Å². The fourth-order valence-corrected chi connectivity index (χ4v) is 11.8. The van der Waals surface area contributed by atoms with E-state index in [0.29, 0.717) is 36.2 Å². The number of nitrogens with one attached hydrogen (secondary N) is 1. The number of ether oxygens (including phenoxy) is 2. The van der Waals surface area contributed by atoms with Crippen LogP contribution in [0.15, 0.2) is 54.1 Å². The lowest BCUT2D eigenvalue weighted by Crippen LogP contribution is -2.56. The molecule has 47 heavy (non-hydrogen) atoms. The van der Waals surface area contributed by atoms with Crippen molar-refractivity contribution in [3.63, 3.8) is 0 Å². The summed E-state index contributed by atoms with van der Waals surface area (Å²) >= 11 is 0. The number of rotatable bonds is 12. The summed E-state index contributed by atoms with van der Waals surface area (Å²) in [6.45, 7) is 13.6. The molecule has 7 nitrogen and oxygen atoms in total. The molecule has 4 saturated carbocycles. The van der Waals surface area contributed by atoms with E-state index in [2.05, 4.69) is 38.7 Å². The summed E-state index contributed by atoms with van der Waals surface area (Å²) in [5.41, 5.74) is 2.48. The van der Waals surface area contributed by atoms with Gasteiger partial charge in [0.25, 0.3) is 0 Å². The van der Waals surface area contributed by atoms with Gasteiger partial charge in [-0.05, 0) is 115 Å². The number of esters is 2. The van der Waals surface area contributed by atoms with Crippen LogP contribution in [0.4, 0.5) is 0 Å². The molecule has 7 heteroatoms. The number of fused-ring (bicyclic) bond motifs is 4. The maximum Gasteiger partial charge on any atom is 0.334 e. The van der Waals surface area contributed by atoms with Crippen molar-refractivity contribution in [1.82, 2.24) is 5.32 Å². The molecular formula is C40H53NO6. The Morgan fingerprint density at radius 2 is 1.89 bits per heavy atom. The van der Waals surface area contributed by atoms with Crippen molar-refractivity contribution in [3.8, 4) is 0 Å². The summed E-state index contributed by atoms with van der Waals surface area (Å²) in [4.78, 5) is 50.4. The van der Waals surface area contributed by atoms with Gasteiger partial charge >= 0.3 is 11.9 Å². The minimum absolute atomic E-state index is 0.0586. The molecule has 10 atom stereocenters. The first kappa shape index (κ1) is 33.7. The Bertz CT molecular complexity index is 1470. The van der Waals surface area contributed by atoms with Crippen LogP contribution in [0.5, 0.6) is 0 Å². The van der Waals surface area contributed by atoms with Gasteiger partial charge < -0.3 is 14.8 Å². The lowest BCUT2D eigenvalue weighted by Gasteiger charge is -2.61. The number of allylic oxidation sites excluding steroid dienone is 2. The van der Waals surface area contributed by atoms with E-state index in [1.807, 2.05) is 37.3 Å². The van der Waals surface area contributed by atoms with Crippen molar-refractivity contribution in [2.24, 2.45) is 45.3 Å². The molecular weight excluding hydrogens is 590 g/mol. The zero-order chi connectivity index (χ0) is 33.8. The van der Waals surface area contributed by atoms with Crippen LogP contribution >= 0.6 is 0 Å². The zero-order valence-corrected chi connectivity index (χ0v) is 28.9. The van der Waals surface area contributed by atoms with Gasteiger partial charge in [0, 0.05) is 24.3 Å². The maximum absolute atomic E-state index is 13.6. The van der Waals surface area contributed by atoms with Crippen molar-refractivity contribution >= 4 is 24.1 Å². The Hall–Kier alpha value is -3.22. The molecule has 0 bridgehead atoms. The number of amides is 1. The standard InChI is InChI=1S/C40H53NO6/c1-25(23-42)11-10-12-26(2)29-15-17-38(5)32-22-31-34(27(3)35(44)47-31)40(24-39(32,40)20-19-37(29,38)4)18-16-33(43)41-30(36(45)46-6)21-28-13-8-7-9-14-28/h7-9,11,13-14,23,26,29-32,34H,3,10,12,15-22,24H2,1-2,4-6H3,(H,41,43)/b25-11+/t26-,29-,30+,31-,32+,34-,37-,38+,39+,40-/m1/s1. The van der Waals surface area contributed by atoms with E-state index in [-0.39, 0.29) is 52.0 Å². The van der Waals surface area contributed by atoms with Gasteiger partial charge in [-0.3, -0.25) is 9.59 Å². The number of aldehydes is 1. The summed E-state index contributed by atoms with van der Waals surface area (Å²) in [6.07, 6.45) is 12.6. The normalized spacial score (nSPS) is 38.2. The average molecular weight is 644 g/mol. The average Bonchev–Trinajstić information content (AvgIpc) is 3.51. The van der Waals surface area contributed by atoms with Crippen LogP contribution in [0, 0.1) is 45.3 Å². The minimum Gasteiger partial charge on any atom is -0.467 e. The lowest BCUT2D eigenvalue weighted by molar-refractivity contribution is -0.157. The Labute approximate surface area is 280 Å². The number of hydrogen-bond acceptors (Lipinski definition) is 6. The molecule has 1 spiro atoms. The van der Waals surface area contributed by atoms with Crippen LogP contribution < -0.4 is 5.32 Å². The van der Waals surface area contributed by atoms with Crippen LogP contribution in [0.3, 0.4) is 0 Å². The summed E-state index contributed by atoms with van der Waals surface area (Å²) in [7, 11) is 1.35. The highest BCUT2D eigenvalue weighted by atomic mass is 16.6. The summed E-state index contributed by atoms with van der Waals surface area (Å²) in [6, 6.07) is 8.88. The molecule has 1 aromatic carbocycles. The van der Waals surface area contributed by atoms with E-state index >= 15 is 0 Å². The number of hydrogen-bond donors (Lipinski definition) is 1. The Morgan fingerprint density at radius 3 is 2.60 bits per heavy atom. The minimum atomic E-state index is -0.761. The van der Waals surface area contributed by atoms with Crippen molar-refractivity contribution in [1.29, 1.82) is 0 Å². The van der Waals surface area contributed by atoms with Gasteiger partial charge in [-0.2, -0.15) is 0 Å². The monoisotopic (exact) mass is 643 g/mol. The highest BCUT2D eigenvalue weighted by Gasteiger charge is 2.83. The lowest BCUT2D eigenvalue weighted by atomic mass is 9.43. The number of benzene rings is 1. The van der Waals surface area contributed by atoms with E-state index in [4.69, 9.17) is 9.47 Å². The first-order valence-corrected chi connectivity index (χ1v) is 17.8. The predicted molar refractivity (Wildman–Crippen MR) is 180 cm³/mol. The van der Waals surface area contributed by atoms with Crippen molar-refractivity contribution < 1.29 is 28.7 Å². The fraction of sp³-hybridized carbons (Fsp3) is 0.650. The van der Waals surface area contributed by atoms with Crippen LogP contribution in [0.2, 0.25) is 0 Å². The number of carbonyl (C=O) groups is 4. The third-order valence-corrected chi connectivity index (χ3v) is 14.3. The Morgan fingerprint density at radius 1 is 1.15 bits per heavy atom. The molecule has 0 aromatic heterocycles. The molecule has 1 aliphatic heterocycles. The predicted octanol–water partition coefficient (Wildman–Crippen LogP) is 6.94. The van der Waals surface area contributed by atoms with E-state index in [0.717, 1.165) is 62.4 Å². The van der Waals surface area contributed by atoms with E-state index in [9.17, 15) is 19.2 Å². The van der Waals surface area contributed by atoms with Gasteiger partial charge in [0.15, 0.2) is 0 Å². The van der Waals surface area contributed by atoms with Crippen LogP contribution in [0.25, 0.3) is 0 Å². The van der Waals surface area contributed by atoms with Gasteiger partial charge in [-0.25, -0.2) is 9.59 Å². The van der Waals surface area contributed by atoms with Gasteiger partial charge in [-0.15, -0.1) is 0 Å².